The summed E-state index contributed by atoms with van der Waals surface area (Å²) in [5.41, 5.74) is 4.97. The fourth-order valence-corrected chi connectivity index (χ4v) is 4.62. The van der Waals surface area contributed by atoms with Gasteiger partial charge in [0, 0.05) is 32.4 Å². The molecular weight excluding hydrogens is 364 g/mol. The lowest BCUT2D eigenvalue weighted by atomic mass is 9.88. The number of fused-ring (bicyclic) bond motifs is 3. The largest absolute Gasteiger partial charge is 0.382 e. The van der Waals surface area contributed by atoms with Gasteiger partial charge in [0.05, 0.1) is 17.1 Å². The van der Waals surface area contributed by atoms with Crippen molar-refractivity contribution in [1.82, 2.24) is 9.88 Å². The average Bonchev–Trinajstić information content (AvgIpc) is 3.05. The fraction of sp³-hybridized carbons (Fsp3) is 0.625. The highest BCUT2D eigenvalue weighted by atomic mass is 16.1. The van der Waals surface area contributed by atoms with Gasteiger partial charge in [0.1, 0.15) is 0 Å². The van der Waals surface area contributed by atoms with E-state index in [1.165, 1.54) is 11.1 Å². The van der Waals surface area contributed by atoms with Crippen LogP contribution in [0.5, 0.6) is 0 Å². The molecule has 158 valence electrons. The fourth-order valence-electron chi connectivity index (χ4n) is 4.62. The van der Waals surface area contributed by atoms with Gasteiger partial charge in [-0.2, -0.15) is 0 Å². The quantitative estimate of drug-likeness (QED) is 0.789. The molecule has 1 N–H and O–H groups in total. The summed E-state index contributed by atoms with van der Waals surface area (Å²) in [7, 11) is 0. The highest BCUT2D eigenvalue weighted by Crippen LogP contribution is 2.34. The number of nitrogens with zero attached hydrogens (tertiary/aromatic N) is 1. The van der Waals surface area contributed by atoms with Crippen molar-refractivity contribution in [1.29, 1.82) is 0 Å². The summed E-state index contributed by atoms with van der Waals surface area (Å²) in [5.74, 6) is 0.767. The molecule has 0 fully saturated rings. The maximum Gasteiger partial charge on any atom is 0.179 e. The van der Waals surface area contributed by atoms with E-state index in [9.17, 15) is 14.4 Å². The molecule has 5 nitrogen and oxygen atoms in total. The molecule has 0 radical (unpaired) electrons. The predicted molar refractivity (Wildman–Crippen MR) is 114 cm³/mol. The first-order valence-corrected chi connectivity index (χ1v) is 11.4. The van der Waals surface area contributed by atoms with Crippen LogP contribution >= 0.6 is 0 Å². The Kier molecular flexibility index (Phi) is 7.45. The second kappa shape index (κ2) is 10.0. The lowest BCUT2D eigenvalue weighted by molar-refractivity contribution is -0.116. The molecule has 0 aromatic carbocycles. The molecule has 1 heterocycles. The van der Waals surface area contributed by atoms with Crippen LogP contribution in [0.3, 0.4) is 0 Å². The average molecular weight is 399 g/mol. The lowest BCUT2D eigenvalue weighted by Gasteiger charge is -2.15. The summed E-state index contributed by atoms with van der Waals surface area (Å²) < 4.78 is 2.04. The minimum Gasteiger partial charge on any atom is -0.382 e. The summed E-state index contributed by atoms with van der Waals surface area (Å²) in [5, 5.41) is 3.13. The molecule has 3 aliphatic rings. The number of nitrogens with one attached hydrogen (secondary N) is 1. The van der Waals surface area contributed by atoms with E-state index in [-0.39, 0.29) is 17.3 Å². The summed E-state index contributed by atoms with van der Waals surface area (Å²) in [6.07, 6.45) is 12.0. The Hall–Kier alpha value is -2.17. The topological polar surface area (TPSA) is 68.2 Å². The van der Waals surface area contributed by atoms with Gasteiger partial charge in [-0.05, 0) is 62.5 Å². The van der Waals surface area contributed by atoms with Crippen molar-refractivity contribution >= 4 is 17.3 Å². The van der Waals surface area contributed by atoms with Crippen LogP contribution in [0.15, 0.2) is 11.8 Å². The Bertz CT molecular complexity index is 773. The van der Waals surface area contributed by atoms with Crippen LogP contribution in [0.25, 0.3) is 0 Å². The number of Topliss-reactive ketones (excluding diaryl/α,β-unsaturated/α-hetero) is 3. The van der Waals surface area contributed by atoms with Gasteiger partial charge >= 0.3 is 0 Å². The summed E-state index contributed by atoms with van der Waals surface area (Å²) >= 11 is 0. The Morgan fingerprint density at radius 1 is 0.793 bits per heavy atom. The first kappa shape index (κ1) is 21.5. The number of carbonyl (C=O) groups is 3. The van der Waals surface area contributed by atoms with Crippen LogP contribution in [-0.4, -0.2) is 28.5 Å². The zero-order valence-corrected chi connectivity index (χ0v) is 17.9. The summed E-state index contributed by atoms with van der Waals surface area (Å²) in [6, 6.07) is 0. The SMILES string of the molecule is CCCNC1=CCCCC1=O.CCCn1c2c(c3c1C(=O)CCC3)CCCC2=O. The highest BCUT2D eigenvalue weighted by Gasteiger charge is 2.33. The van der Waals surface area contributed by atoms with Crippen LogP contribution < -0.4 is 5.32 Å². The number of rotatable bonds is 5. The molecule has 4 rings (SSSR count). The Balaban J connectivity index is 0.000000188. The normalized spacial score (nSPS) is 18.4. The van der Waals surface area contributed by atoms with E-state index in [1.807, 2.05) is 10.6 Å². The van der Waals surface area contributed by atoms with Crippen molar-refractivity contribution in [3.63, 3.8) is 0 Å². The van der Waals surface area contributed by atoms with Crippen LogP contribution in [0.1, 0.15) is 104 Å². The molecule has 0 atom stereocenters. The van der Waals surface area contributed by atoms with Gasteiger partial charge in [-0.3, -0.25) is 14.4 Å². The standard InChI is InChI=1S/C15H19NO2.C9H15NO/c1-2-9-16-14-10(5-3-7-12(14)17)11-6-4-8-13(18)15(11)16;1-2-7-10-8-5-3-4-6-9(8)11/h2-9H2,1H3;5,10H,2-4,6-7H2,1H3. The summed E-state index contributed by atoms with van der Waals surface area (Å²) in [4.78, 5) is 35.5. The molecule has 0 bridgehead atoms. The maximum atomic E-state index is 12.2. The van der Waals surface area contributed by atoms with E-state index in [1.54, 1.807) is 0 Å². The van der Waals surface area contributed by atoms with E-state index in [0.717, 1.165) is 88.0 Å². The van der Waals surface area contributed by atoms with E-state index in [4.69, 9.17) is 0 Å². The molecule has 1 aromatic rings. The van der Waals surface area contributed by atoms with Crippen LogP contribution in [0, 0.1) is 0 Å². The number of hydrogen-bond donors (Lipinski definition) is 1. The first-order valence-electron chi connectivity index (χ1n) is 11.4. The molecule has 0 unspecified atom stereocenters. The van der Waals surface area contributed by atoms with Gasteiger partial charge in [-0.15, -0.1) is 0 Å². The number of carbonyl (C=O) groups excluding carboxylic acids is 3. The highest BCUT2D eigenvalue weighted by molar-refractivity contribution is 6.03. The summed E-state index contributed by atoms with van der Waals surface area (Å²) in [6.45, 7) is 5.91. The van der Waals surface area contributed by atoms with Gasteiger partial charge in [0.15, 0.2) is 17.3 Å². The molecular formula is C24H34N2O3. The molecule has 0 aliphatic heterocycles. The zero-order chi connectivity index (χ0) is 20.8. The Morgan fingerprint density at radius 2 is 1.38 bits per heavy atom. The van der Waals surface area contributed by atoms with Crippen molar-refractivity contribution in [2.75, 3.05) is 6.54 Å². The van der Waals surface area contributed by atoms with Gasteiger partial charge in [-0.25, -0.2) is 0 Å². The number of allylic oxidation sites excluding steroid dienone is 2. The molecule has 5 heteroatoms. The molecule has 0 spiro atoms. The zero-order valence-electron chi connectivity index (χ0n) is 17.9. The van der Waals surface area contributed by atoms with E-state index >= 15 is 0 Å². The van der Waals surface area contributed by atoms with Crippen LogP contribution in [-0.2, 0) is 24.2 Å². The third-order valence-corrected chi connectivity index (χ3v) is 5.93. The molecule has 0 saturated carbocycles. The monoisotopic (exact) mass is 398 g/mol. The third-order valence-electron chi connectivity index (χ3n) is 5.93. The molecule has 1 aromatic heterocycles. The van der Waals surface area contributed by atoms with E-state index < -0.39 is 0 Å². The number of ketones is 3. The van der Waals surface area contributed by atoms with Crippen molar-refractivity contribution in [2.24, 2.45) is 0 Å². The second-order valence-electron chi connectivity index (χ2n) is 8.22. The predicted octanol–water partition coefficient (Wildman–Crippen LogP) is 4.56. The van der Waals surface area contributed by atoms with Crippen LogP contribution in [0.2, 0.25) is 0 Å². The van der Waals surface area contributed by atoms with E-state index in [2.05, 4.69) is 19.2 Å². The lowest BCUT2D eigenvalue weighted by Crippen LogP contribution is -2.23. The minimum atomic E-state index is 0.243. The number of aromatic nitrogens is 1. The first-order chi connectivity index (χ1) is 14.1. The third kappa shape index (κ3) is 4.71. The Labute approximate surface area is 173 Å². The Morgan fingerprint density at radius 3 is 1.90 bits per heavy atom. The van der Waals surface area contributed by atoms with Crippen molar-refractivity contribution < 1.29 is 14.4 Å². The number of hydrogen-bond acceptors (Lipinski definition) is 4. The molecule has 0 amide bonds. The minimum absolute atomic E-state index is 0.243. The van der Waals surface area contributed by atoms with Gasteiger partial charge in [0.25, 0.3) is 0 Å². The van der Waals surface area contributed by atoms with Crippen LogP contribution in [0.4, 0.5) is 0 Å². The van der Waals surface area contributed by atoms with Crippen molar-refractivity contribution in [3.8, 4) is 0 Å². The molecule has 0 saturated heterocycles. The van der Waals surface area contributed by atoms with Crippen molar-refractivity contribution in [2.45, 2.75) is 91.0 Å². The van der Waals surface area contributed by atoms with Gasteiger partial charge in [-0.1, -0.05) is 19.9 Å². The maximum absolute atomic E-state index is 12.2. The second-order valence-corrected chi connectivity index (χ2v) is 8.22. The van der Waals surface area contributed by atoms with Gasteiger partial charge in [0.2, 0.25) is 0 Å². The van der Waals surface area contributed by atoms with E-state index in [0.29, 0.717) is 12.8 Å². The van der Waals surface area contributed by atoms with Crippen molar-refractivity contribution in [3.05, 3.63) is 34.3 Å². The smallest absolute Gasteiger partial charge is 0.179 e. The molecule has 3 aliphatic carbocycles. The van der Waals surface area contributed by atoms with Gasteiger partial charge < -0.3 is 9.88 Å². The molecule has 29 heavy (non-hydrogen) atoms.